The Hall–Kier alpha value is -3.19. The highest BCUT2D eigenvalue weighted by Crippen LogP contribution is 2.65. The Morgan fingerprint density at radius 1 is 1.15 bits per heavy atom. The van der Waals surface area contributed by atoms with E-state index in [0.717, 1.165) is 11.4 Å². The number of hydrogen-bond donors (Lipinski definition) is 0. The molecule has 0 N–H and O–H groups in total. The van der Waals surface area contributed by atoms with Crippen LogP contribution in [0.5, 0.6) is 0 Å². The summed E-state index contributed by atoms with van der Waals surface area (Å²) in [6.07, 6.45) is 6.77. The number of carbonyl (C=O) groups excluding carboxylic acids is 3. The molecule has 8 heteroatoms. The summed E-state index contributed by atoms with van der Waals surface area (Å²) in [6, 6.07) is 8.36. The zero-order valence-electron chi connectivity index (χ0n) is 17.8. The molecule has 0 spiro atoms. The molecule has 7 nitrogen and oxygen atoms in total. The van der Waals surface area contributed by atoms with Crippen LogP contribution in [0, 0.1) is 35.5 Å². The van der Waals surface area contributed by atoms with E-state index in [4.69, 9.17) is 20.8 Å². The average Bonchev–Trinajstić information content (AvgIpc) is 3.45. The van der Waals surface area contributed by atoms with Crippen LogP contribution >= 0.6 is 11.6 Å². The van der Waals surface area contributed by atoms with Gasteiger partial charge in [0.1, 0.15) is 11.5 Å². The molecule has 33 heavy (non-hydrogen) atoms. The predicted molar refractivity (Wildman–Crippen MR) is 119 cm³/mol. The summed E-state index contributed by atoms with van der Waals surface area (Å²) >= 11 is 6.13. The molecule has 4 aliphatic carbocycles. The second kappa shape index (κ2) is 7.42. The van der Waals surface area contributed by atoms with E-state index in [1.165, 1.54) is 6.21 Å². The minimum Gasteiger partial charge on any atom is -0.462 e. The Balaban J connectivity index is 1.22. The van der Waals surface area contributed by atoms with Gasteiger partial charge in [-0.05, 0) is 67.3 Å². The van der Waals surface area contributed by atoms with Crippen LogP contribution in [0.15, 0.2) is 52.0 Å². The lowest BCUT2D eigenvalue weighted by Crippen LogP contribution is -2.40. The van der Waals surface area contributed by atoms with Crippen molar-refractivity contribution in [1.29, 1.82) is 0 Å². The largest absolute Gasteiger partial charge is 0.462 e. The molecule has 2 aromatic rings. The van der Waals surface area contributed by atoms with Crippen LogP contribution in [0.4, 0.5) is 0 Å². The lowest BCUT2D eigenvalue weighted by atomic mass is 9.63. The van der Waals surface area contributed by atoms with Gasteiger partial charge < -0.3 is 9.15 Å². The zero-order chi connectivity index (χ0) is 22.9. The van der Waals surface area contributed by atoms with E-state index in [0.29, 0.717) is 33.9 Å². The first kappa shape index (κ1) is 20.4. The highest BCUT2D eigenvalue weighted by atomic mass is 35.5. The standard InChI is InChI=1S/C25H21ClN2O5/c1-2-32-25(31)18-9-12(3-7-19(18)26)20-8-4-13(33-20)11-27-28-23(29)21-14-5-6-15(17-10-16(14)17)22(21)24(28)30/h3-9,11,14-17,21-22H,2,10H2,1H3/b27-11-/t14-,15-,16-,17+,21-,22+/m0/s1. The maximum absolute atomic E-state index is 13.0. The van der Waals surface area contributed by atoms with Gasteiger partial charge in [-0.15, -0.1) is 0 Å². The molecule has 5 aliphatic rings. The van der Waals surface area contributed by atoms with Crippen molar-refractivity contribution in [3.63, 3.8) is 0 Å². The number of hydrazone groups is 1. The summed E-state index contributed by atoms with van der Waals surface area (Å²) < 4.78 is 10.9. The van der Waals surface area contributed by atoms with E-state index in [2.05, 4.69) is 17.3 Å². The van der Waals surface area contributed by atoms with Gasteiger partial charge in [0, 0.05) is 5.56 Å². The van der Waals surface area contributed by atoms with Crippen LogP contribution in [0.25, 0.3) is 11.3 Å². The molecule has 2 amide bonds. The fourth-order valence-electron chi connectivity index (χ4n) is 5.79. The Labute approximate surface area is 195 Å². The van der Waals surface area contributed by atoms with Crippen LogP contribution in [0.1, 0.15) is 29.5 Å². The molecule has 1 saturated heterocycles. The molecular formula is C25H21ClN2O5. The number of halogens is 1. The molecule has 0 unspecified atom stereocenters. The van der Waals surface area contributed by atoms with Gasteiger partial charge in [0.2, 0.25) is 0 Å². The molecule has 6 atom stereocenters. The number of allylic oxidation sites excluding steroid dienone is 2. The molecular weight excluding hydrogens is 444 g/mol. The highest BCUT2D eigenvalue weighted by molar-refractivity contribution is 6.33. The van der Waals surface area contributed by atoms with Crippen molar-refractivity contribution in [2.24, 2.45) is 40.6 Å². The number of benzene rings is 1. The van der Waals surface area contributed by atoms with Gasteiger partial charge >= 0.3 is 5.97 Å². The van der Waals surface area contributed by atoms with Gasteiger partial charge in [-0.1, -0.05) is 23.8 Å². The number of hydrogen-bond acceptors (Lipinski definition) is 6. The third kappa shape index (κ3) is 3.09. The van der Waals surface area contributed by atoms with E-state index < -0.39 is 5.97 Å². The minimum absolute atomic E-state index is 0.162. The topological polar surface area (TPSA) is 89.2 Å². The van der Waals surface area contributed by atoms with Gasteiger partial charge in [0.05, 0.1) is 35.2 Å². The van der Waals surface area contributed by atoms with Crippen LogP contribution in [-0.4, -0.2) is 35.6 Å². The maximum Gasteiger partial charge on any atom is 0.339 e. The molecule has 1 aromatic carbocycles. The Morgan fingerprint density at radius 2 is 1.85 bits per heavy atom. The summed E-state index contributed by atoms with van der Waals surface area (Å²) in [4.78, 5) is 38.1. The van der Waals surface area contributed by atoms with E-state index in [-0.39, 0.29) is 47.7 Å². The van der Waals surface area contributed by atoms with E-state index in [1.54, 1.807) is 37.3 Å². The summed E-state index contributed by atoms with van der Waals surface area (Å²) in [6.45, 7) is 1.97. The van der Waals surface area contributed by atoms with Gasteiger partial charge in [-0.3, -0.25) is 9.59 Å². The lowest BCUT2D eigenvalue weighted by molar-refractivity contribution is -0.140. The number of nitrogens with zero attached hydrogens (tertiary/aromatic N) is 2. The predicted octanol–water partition coefficient (Wildman–Crippen LogP) is 4.16. The van der Waals surface area contributed by atoms with Crippen molar-refractivity contribution in [3.8, 4) is 11.3 Å². The van der Waals surface area contributed by atoms with Crippen molar-refractivity contribution < 1.29 is 23.5 Å². The van der Waals surface area contributed by atoms with Crippen molar-refractivity contribution in [1.82, 2.24) is 5.01 Å². The molecule has 2 saturated carbocycles. The van der Waals surface area contributed by atoms with E-state index in [9.17, 15) is 14.4 Å². The number of ether oxygens (including phenoxy) is 1. The summed E-state index contributed by atoms with van der Waals surface area (Å²) in [5.41, 5.74) is 0.892. The second-order valence-electron chi connectivity index (χ2n) is 9.00. The Kier molecular flexibility index (Phi) is 4.59. The monoisotopic (exact) mass is 464 g/mol. The van der Waals surface area contributed by atoms with Crippen molar-refractivity contribution in [2.45, 2.75) is 13.3 Å². The quantitative estimate of drug-likeness (QED) is 0.287. The fraction of sp³-hybridized carbons (Fsp3) is 0.360. The molecule has 3 fully saturated rings. The first-order valence-corrected chi connectivity index (χ1v) is 11.5. The number of esters is 1. The average molecular weight is 465 g/mol. The van der Waals surface area contributed by atoms with Crippen molar-refractivity contribution in [2.75, 3.05) is 6.61 Å². The normalized spacial score (nSPS) is 31.3. The smallest absolute Gasteiger partial charge is 0.339 e. The fourth-order valence-corrected chi connectivity index (χ4v) is 5.99. The molecule has 168 valence electrons. The molecule has 2 bridgehead atoms. The summed E-state index contributed by atoms with van der Waals surface area (Å²) in [5.74, 6) is 0.806. The van der Waals surface area contributed by atoms with Crippen LogP contribution in [-0.2, 0) is 14.3 Å². The molecule has 1 aromatic heterocycles. The first-order valence-electron chi connectivity index (χ1n) is 11.1. The number of furan rings is 1. The van der Waals surface area contributed by atoms with Gasteiger partial charge in [0.15, 0.2) is 0 Å². The number of imide groups is 1. The molecule has 7 rings (SSSR count). The number of carbonyl (C=O) groups is 3. The maximum atomic E-state index is 13.0. The summed E-state index contributed by atoms with van der Waals surface area (Å²) in [5, 5.41) is 5.52. The minimum atomic E-state index is -0.508. The second-order valence-corrected chi connectivity index (χ2v) is 9.41. The number of rotatable bonds is 5. The van der Waals surface area contributed by atoms with E-state index in [1.807, 2.05) is 0 Å². The third-order valence-electron chi connectivity index (χ3n) is 7.31. The Morgan fingerprint density at radius 3 is 2.52 bits per heavy atom. The van der Waals surface area contributed by atoms with Crippen LogP contribution in [0.2, 0.25) is 5.02 Å². The number of amides is 2. The Bertz CT molecular complexity index is 1210. The van der Waals surface area contributed by atoms with Gasteiger partial charge in [-0.2, -0.15) is 10.1 Å². The third-order valence-corrected chi connectivity index (χ3v) is 7.64. The molecule has 0 radical (unpaired) electrons. The highest BCUT2D eigenvalue weighted by Gasteiger charge is 2.67. The molecule has 2 heterocycles. The van der Waals surface area contributed by atoms with E-state index >= 15 is 0 Å². The summed E-state index contributed by atoms with van der Waals surface area (Å²) in [7, 11) is 0. The molecule has 1 aliphatic heterocycles. The SMILES string of the molecule is CCOC(=O)c1cc(-c2ccc(/C=N\N3C(=O)[C@@H]4[C@H]5C=C[C@@H]([C@@H]6C[C@H]56)[C@@H]4C3=O)o2)ccc1Cl. The van der Waals surface area contributed by atoms with Crippen molar-refractivity contribution >= 4 is 35.6 Å². The van der Waals surface area contributed by atoms with Crippen LogP contribution < -0.4 is 0 Å². The first-order chi connectivity index (χ1) is 16.0. The zero-order valence-corrected chi connectivity index (χ0v) is 18.6. The van der Waals surface area contributed by atoms with Gasteiger partial charge in [-0.25, -0.2) is 4.79 Å². The van der Waals surface area contributed by atoms with Gasteiger partial charge in [0.25, 0.3) is 11.8 Å². The van der Waals surface area contributed by atoms with Crippen molar-refractivity contribution in [3.05, 3.63) is 58.8 Å². The lowest BCUT2D eigenvalue weighted by Gasteiger charge is -2.37. The van der Waals surface area contributed by atoms with Crippen LogP contribution in [0.3, 0.4) is 0 Å².